The molecule has 3 heteroatoms. The molecular weight excluding hydrogens is 262 g/mol. The Morgan fingerprint density at radius 3 is 2.47 bits per heavy atom. The van der Waals surface area contributed by atoms with E-state index in [0.29, 0.717) is 6.42 Å². The molecule has 0 aliphatic heterocycles. The van der Waals surface area contributed by atoms with Crippen molar-refractivity contribution in [2.45, 2.75) is 19.8 Å². The van der Waals surface area contributed by atoms with E-state index in [1.165, 1.54) is 18.2 Å². The molecule has 0 N–H and O–H groups in total. The summed E-state index contributed by atoms with van der Waals surface area (Å²) in [7, 11) is 0. The first kappa shape index (κ1) is 12.4. The summed E-state index contributed by atoms with van der Waals surface area (Å²) in [6.07, 6.45) is 3.20. The average Bonchev–Trinajstić information content (AvgIpc) is 2.21. The van der Waals surface area contributed by atoms with Crippen LogP contribution in [0.15, 0.2) is 29.8 Å². The zero-order valence-corrected chi connectivity index (χ0v) is 10.2. The minimum Gasteiger partial charge on any atom is -0.207 e. The van der Waals surface area contributed by atoms with Crippen LogP contribution < -0.4 is 0 Å². The second kappa shape index (κ2) is 6.01. The molecule has 0 amide bonds. The molecule has 82 valence electrons. The van der Waals surface area contributed by atoms with Gasteiger partial charge in [0.05, 0.1) is 0 Å². The van der Waals surface area contributed by atoms with E-state index in [2.05, 4.69) is 15.9 Å². The van der Waals surface area contributed by atoms with E-state index in [1.807, 2.05) is 13.0 Å². The van der Waals surface area contributed by atoms with Crippen molar-refractivity contribution in [3.8, 4) is 0 Å². The third kappa shape index (κ3) is 3.74. The molecule has 1 rings (SSSR count). The van der Waals surface area contributed by atoms with E-state index in [9.17, 15) is 8.78 Å². The molecule has 0 saturated carbocycles. The summed E-state index contributed by atoms with van der Waals surface area (Å²) in [5.74, 6) is -0.941. The molecule has 0 saturated heterocycles. The number of rotatable bonds is 4. The zero-order chi connectivity index (χ0) is 11.3. The quantitative estimate of drug-likeness (QED) is 0.569. The van der Waals surface area contributed by atoms with Crippen molar-refractivity contribution in [2.24, 2.45) is 0 Å². The van der Waals surface area contributed by atoms with Crippen molar-refractivity contribution >= 4 is 15.9 Å². The predicted molar refractivity (Wildman–Crippen MR) is 62.2 cm³/mol. The van der Waals surface area contributed by atoms with Crippen LogP contribution in [0.1, 0.15) is 18.9 Å². The first-order valence-electron chi connectivity index (χ1n) is 4.79. The first-order valence-corrected chi connectivity index (χ1v) is 5.91. The highest BCUT2D eigenvalue weighted by molar-refractivity contribution is 9.09. The van der Waals surface area contributed by atoms with E-state index in [0.717, 1.165) is 17.3 Å². The van der Waals surface area contributed by atoms with Gasteiger partial charge in [-0.3, -0.25) is 0 Å². The lowest BCUT2D eigenvalue weighted by atomic mass is 10.0. The van der Waals surface area contributed by atoms with Crippen LogP contribution in [0.5, 0.6) is 0 Å². The van der Waals surface area contributed by atoms with Gasteiger partial charge in [-0.2, -0.15) is 0 Å². The number of hydrogen-bond acceptors (Lipinski definition) is 0. The van der Waals surface area contributed by atoms with Crippen LogP contribution >= 0.6 is 15.9 Å². The molecule has 0 aliphatic rings. The van der Waals surface area contributed by atoms with Gasteiger partial charge in [0.25, 0.3) is 0 Å². The lowest BCUT2D eigenvalue weighted by Crippen LogP contribution is -1.96. The number of hydrogen-bond donors (Lipinski definition) is 0. The Bertz CT molecular complexity index is 338. The second-order valence-electron chi connectivity index (χ2n) is 3.41. The van der Waals surface area contributed by atoms with Crippen LogP contribution in [-0.2, 0) is 6.42 Å². The van der Waals surface area contributed by atoms with Gasteiger partial charge in [0.1, 0.15) is 11.6 Å². The van der Waals surface area contributed by atoms with Crippen molar-refractivity contribution in [3.05, 3.63) is 47.0 Å². The molecule has 0 atom stereocenters. The van der Waals surface area contributed by atoms with Crippen molar-refractivity contribution in [1.29, 1.82) is 0 Å². The Morgan fingerprint density at radius 1 is 1.33 bits per heavy atom. The van der Waals surface area contributed by atoms with Crippen LogP contribution in [0, 0.1) is 11.6 Å². The average molecular weight is 275 g/mol. The summed E-state index contributed by atoms with van der Waals surface area (Å²) < 4.78 is 26.5. The SMILES string of the molecule is C/C(=C/CCBr)Cc1c(F)cccc1F. The minimum atomic E-state index is -0.471. The van der Waals surface area contributed by atoms with Gasteiger partial charge in [-0.1, -0.05) is 33.6 Å². The highest BCUT2D eigenvalue weighted by Crippen LogP contribution is 2.16. The van der Waals surface area contributed by atoms with Gasteiger partial charge >= 0.3 is 0 Å². The summed E-state index contributed by atoms with van der Waals surface area (Å²) >= 11 is 3.30. The molecule has 0 radical (unpaired) electrons. The molecule has 0 bridgehead atoms. The molecule has 1 aromatic rings. The standard InChI is InChI=1S/C12H13BrF2/c1-9(4-3-7-13)8-10-11(14)5-2-6-12(10)15/h2,4-6H,3,7-8H2,1H3/b9-4-. The Morgan fingerprint density at radius 2 is 1.93 bits per heavy atom. The van der Waals surface area contributed by atoms with Crippen LogP contribution in [-0.4, -0.2) is 5.33 Å². The number of allylic oxidation sites excluding steroid dienone is 2. The molecular formula is C12H13BrF2. The molecule has 0 nitrogen and oxygen atoms in total. The van der Waals surface area contributed by atoms with Crippen molar-refractivity contribution < 1.29 is 8.78 Å². The third-order valence-electron chi connectivity index (χ3n) is 2.12. The van der Waals surface area contributed by atoms with E-state index in [1.54, 1.807) is 0 Å². The van der Waals surface area contributed by atoms with E-state index in [-0.39, 0.29) is 5.56 Å². The van der Waals surface area contributed by atoms with Crippen molar-refractivity contribution in [3.63, 3.8) is 0 Å². The molecule has 0 aromatic heterocycles. The summed E-state index contributed by atoms with van der Waals surface area (Å²) in [5.41, 5.74) is 1.14. The van der Waals surface area contributed by atoms with Gasteiger partial charge in [0.15, 0.2) is 0 Å². The molecule has 0 heterocycles. The van der Waals surface area contributed by atoms with E-state index in [4.69, 9.17) is 0 Å². The lowest BCUT2D eigenvalue weighted by molar-refractivity contribution is 0.560. The molecule has 15 heavy (non-hydrogen) atoms. The maximum absolute atomic E-state index is 13.3. The second-order valence-corrected chi connectivity index (χ2v) is 4.20. The maximum atomic E-state index is 13.3. The van der Waals surface area contributed by atoms with E-state index < -0.39 is 11.6 Å². The summed E-state index contributed by atoms with van der Waals surface area (Å²) in [5, 5.41) is 0.865. The van der Waals surface area contributed by atoms with Gasteiger partial charge < -0.3 is 0 Å². The van der Waals surface area contributed by atoms with Gasteiger partial charge in [0.2, 0.25) is 0 Å². The summed E-state index contributed by atoms with van der Waals surface area (Å²) in [4.78, 5) is 0. The largest absolute Gasteiger partial charge is 0.207 e. The number of alkyl halides is 1. The topological polar surface area (TPSA) is 0 Å². The lowest BCUT2D eigenvalue weighted by Gasteiger charge is -2.04. The Kier molecular flexibility index (Phi) is 4.95. The van der Waals surface area contributed by atoms with Gasteiger partial charge in [-0.25, -0.2) is 8.78 Å². The fourth-order valence-electron chi connectivity index (χ4n) is 1.35. The third-order valence-corrected chi connectivity index (χ3v) is 2.58. The normalized spacial score (nSPS) is 11.9. The summed E-state index contributed by atoms with van der Waals surface area (Å²) in [6.45, 7) is 1.88. The predicted octanol–water partition coefficient (Wildman–Crippen LogP) is 4.24. The van der Waals surface area contributed by atoms with E-state index >= 15 is 0 Å². The van der Waals surface area contributed by atoms with Crippen LogP contribution in [0.25, 0.3) is 0 Å². The van der Waals surface area contributed by atoms with Crippen molar-refractivity contribution in [2.75, 3.05) is 5.33 Å². The zero-order valence-electron chi connectivity index (χ0n) is 8.56. The fraction of sp³-hybridized carbons (Fsp3) is 0.333. The van der Waals surface area contributed by atoms with Crippen molar-refractivity contribution in [1.82, 2.24) is 0 Å². The van der Waals surface area contributed by atoms with Crippen LogP contribution in [0.2, 0.25) is 0 Å². The Labute approximate surface area is 97.1 Å². The minimum absolute atomic E-state index is 0.154. The number of benzene rings is 1. The molecule has 0 unspecified atom stereocenters. The maximum Gasteiger partial charge on any atom is 0.129 e. The van der Waals surface area contributed by atoms with Gasteiger partial charge in [-0.05, 0) is 31.9 Å². The highest BCUT2D eigenvalue weighted by atomic mass is 79.9. The Hall–Kier alpha value is -0.700. The smallest absolute Gasteiger partial charge is 0.129 e. The molecule has 0 aliphatic carbocycles. The van der Waals surface area contributed by atoms with Crippen LogP contribution in [0.4, 0.5) is 8.78 Å². The summed E-state index contributed by atoms with van der Waals surface area (Å²) in [6, 6.07) is 3.96. The van der Waals surface area contributed by atoms with Crippen LogP contribution in [0.3, 0.4) is 0 Å². The monoisotopic (exact) mass is 274 g/mol. The highest BCUT2D eigenvalue weighted by Gasteiger charge is 2.07. The fourth-order valence-corrected chi connectivity index (χ4v) is 1.58. The molecule has 1 aromatic carbocycles. The first-order chi connectivity index (χ1) is 7.15. The number of halogens is 3. The Balaban J connectivity index is 2.80. The molecule has 0 spiro atoms. The van der Waals surface area contributed by atoms with Gasteiger partial charge in [0, 0.05) is 10.9 Å². The van der Waals surface area contributed by atoms with Gasteiger partial charge in [-0.15, -0.1) is 0 Å². The molecule has 0 fully saturated rings.